The Bertz CT molecular complexity index is 584. The van der Waals surface area contributed by atoms with E-state index in [4.69, 9.17) is 5.73 Å². The molecule has 4 nitrogen and oxygen atoms in total. The third-order valence-electron chi connectivity index (χ3n) is 3.47. The summed E-state index contributed by atoms with van der Waals surface area (Å²) in [5.41, 5.74) is 9.13. The van der Waals surface area contributed by atoms with Crippen molar-refractivity contribution in [2.75, 3.05) is 20.8 Å². The third-order valence-corrected chi connectivity index (χ3v) is 3.47. The van der Waals surface area contributed by atoms with Crippen LogP contribution >= 0.6 is 0 Å². The topological polar surface area (TPSA) is 62.4 Å². The van der Waals surface area contributed by atoms with Crippen LogP contribution in [0.2, 0.25) is 0 Å². The van der Waals surface area contributed by atoms with Crippen molar-refractivity contribution in [3.8, 4) is 11.1 Å². The normalized spacial score (nSPS) is 14.1. The first kappa shape index (κ1) is 16.5. The highest BCUT2D eigenvalue weighted by Crippen LogP contribution is 2.23. The first-order valence-electron chi connectivity index (χ1n) is 7.21. The molecule has 1 aromatic carbocycles. The van der Waals surface area contributed by atoms with E-state index in [0.29, 0.717) is 5.56 Å². The van der Waals surface area contributed by atoms with E-state index in [9.17, 15) is 9.50 Å². The monoisotopic (exact) mass is 303 g/mol. The van der Waals surface area contributed by atoms with Crippen molar-refractivity contribution in [3.05, 3.63) is 53.9 Å². The van der Waals surface area contributed by atoms with Crippen molar-refractivity contribution in [3.63, 3.8) is 0 Å². The smallest absolute Gasteiger partial charge is 0.107 e. The zero-order valence-electron chi connectivity index (χ0n) is 12.9. The zero-order chi connectivity index (χ0) is 16.1. The van der Waals surface area contributed by atoms with Gasteiger partial charge in [-0.15, -0.1) is 0 Å². The highest BCUT2D eigenvalue weighted by atomic mass is 19.1. The fourth-order valence-electron chi connectivity index (χ4n) is 2.22. The Morgan fingerprint density at radius 1 is 1.14 bits per heavy atom. The summed E-state index contributed by atoms with van der Waals surface area (Å²) in [6.07, 6.45) is 0.844. The molecule has 3 N–H and O–H groups in total. The molecule has 0 unspecified atom stereocenters. The highest BCUT2D eigenvalue weighted by molar-refractivity contribution is 5.62. The van der Waals surface area contributed by atoms with Crippen LogP contribution < -0.4 is 5.73 Å². The van der Waals surface area contributed by atoms with Gasteiger partial charge in [0.25, 0.3) is 0 Å². The Morgan fingerprint density at radius 2 is 1.77 bits per heavy atom. The van der Waals surface area contributed by atoms with Crippen LogP contribution in [0, 0.1) is 0 Å². The van der Waals surface area contributed by atoms with Crippen LogP contribution in [0.25, 0.3) is 11.1 Å². The van der Waals surface area contributed by atoms with Gasteiger partial charge in [-0.2, -0.15) is 0 Å². The minimum atomic E-state index is -0.986. The van der Waals surface area contributed by atoms with Gasteiger partial charge in [-0.3, -0.25) is 4.98 Å². The van der Waals surface area contributed by atoms with Crippen LogP contribution in [-0.4, -0.2) is 41.8 Å². The molecular formula is C17H22FN3O. The van der Waals surface area contributed by atoms with Gasteiger partial charge in [0, 0.05) is 18.3 Å². The lowest BCUT2D eigenvalue weighted by Gasteiger charge is -2.16. The van der Waals surface area contributed by atoms with E-state index in [2.05, 4.69) is 9.88 Å². The number of aliphatic hydroxyl groups excluding tert-OH is 1. The minimum Gasteiger partial charge on any atom is -0.387 e. The first-order chi connectivity index (χ1) is 10.5. The molecule has 0 aliphatic carbocycles. The van der Waals surface area contributed by atoms with E-state index < -0.39 is 18.8 Å². The van der Waals surface area contributed by atoms with Crippen LogP contribution in [0.3, 0.4) is 0 Å². The minimum absolute atomic E-state index is 0.617. The molecule has 118 valence electrons. The Labute approximate surface area is 130 Å². The Hall–Kier alpha value is -1.82. The summed E-state index contributed by atoms with van der Waals surface area (Å²) in [7, 11) is 4.00. The molecule has 2 rings (SSSR count). The van der Waals surface area contributed by atoms with E-state index in [-0.39, 0.29) is 0 Å². The summed E-state index contributed by atoms with van der Waals surface area (Å²) < 4.78 is 12.5. The van der Waals surface area contributed by atoms with Gasteiger partial charge in [-0.25, -0.2) is 4.39 Å². The lowest BCUT2D eigenvalue weighted by molar-refractivity contribution is 0.132. The molecule has 22 heavy (non-hydrogen) atoms. The molecule has 0 spiro atoms. The van der Waals surface area contributed by atoms with Gasteiger partial charge in [0.05, 0.1) is 17.8 Å². The summed E-state index contributed by atoms with van der Waals surface area (Å²) >= 11 is 0. The fraction of sp³-hybridized carbons (Fsp3) is 0.353. The van der Waals surface area contributed by atoms with E-state index in [1.165, 1.54) is 0 Å². The first-order valence-corrected chi connectivity index (χ1v) is 7.21. The number of pyridine rings is 1. The molecule has 1 aromatic heterocycles. The molecule has 0 saturated carbocycles. The molecule has 2 aromatic rings. The lowest BCUT2D eigenvalue weighted by atomic mass is 10.00. The maximum Gasteiger partial charge on any atom is 0.107 e. The van der Waals surface area contributed by atoms with E-state index >= 15 is 0 Å². The quantitative estimate of drug-likeness (QED) is 0.858. The number of aromatic nitrogens is 1. The molecule has 0 aliphatic heterocycles. The second-order valence-corrected chi connectivity index (χ2v) is 5.66. The second-order valence-electron chi connectivity index (χ2n) is 5.66. The maximum absolute atomic E-state index is 12.5. The average molecular weight is 303 g/mol. The van der Waals surface area contributed by atoms with Gasteiger partial charge in [-0.05, 0) is 31.3 Å². The van der Waals surface area contributed by atoms with Crippen LogP contribution in [-0.2, 0) is 6.54 Å². The lowest BCUT2D eigenvalue weighted by Crippen LogP contribution is -2.30. The summed E-state index contributed by atoms with van der Waals surface area (Å²) in [4.78, 5) is 6.50. The molecule has 0 bridgehead atoms. The van der Waals surface area contributed by atoms with Crippen molar-refractivity contribution in [2.24, 2.45) is 5.73 Å². The standard InChI is InChI=1S/C17H22FN3O/c1-21(2)11-15-8-7-14(10-20-15)12-3-5-13(6-4-12)17(22)16(19)9-18/h3-8,10,16-17,22H,9,11,19H2,1-2H3/t16-,17-/m1/s1. The number of aliphatic hydroxyl groups is 1. The van der Waals surface area contributed by atoms with Crippen molar-refractivity contribution < 1.29 is 9.50 Å². The van der Waals surface area contributed by atoms with E-state index in [0.717, 1.165) is 23.4 Å². The van der Waals surface area contributed by atoms with Gasteiger partial charge in [0.2, 0.25) is 0 Å². The maximum atomic E-state index is 12.5. The molecule has 2 atom stereocenters. The number of benzene rings is 1. The number of rotatable bonds is 6. The molecular weight excluding hydrogens is 281 g/mol. The van der Waals surface area contributed by atoms with Gasteiger partial charge >= 0.3 is 0 Å². The SMILES string of the molecule is CN(C)Cc1ccc(-c2ccc([C@@H](O)[C@H](N)CF)cc2)cn1. The third kappa shape index (κ3) is 4.10. The molecule has 0 radical (unpaired) electrons. The largest absolute Gasteiger partial charge is 0.387 e. The van der Waals surface area contributed by atoms with Crippen molar-refractivity contribution in [1.82, 2.24) is 9.88 Å². The number of hydrogen-bond donors (Lipinski definition) is 2. The summed E-state index contributed by atoms with van der Waals surface area (Å²) in [5.74, 6) is 0. The summed E-state index contributed by atoms with van der Waals surface area (Å²) in [6, 6.07) is 10.4. The molecule has 0 saturated heterocycles. The molecule has 5 heteroatoms. The van der Waals surface area contributed by atoms with Crippen molar-refractivity contribution in [1.29, 1.82) is 0 Å². The Kier molecular flexibility index (Phi) is 5.60. The summed E-state index contributed by atoms with van der Waals surface area (Å²) in [6.45, 7) is 0.0483. The van der Waals surface area contributed by atoms with Crippen LogP contribution in [0.1, 0.15) is 17.4 Å². The molecule has 0 amide bonds. The van der Waals surface area contributed by atoms with Crippen LogP contribution in [0.4, 0.5) is 4.39 Å². The van der Waals surface area contributed by atoms with Crippen LogP contribution in [0.15, 0.2) is 42.6 Å². The van der Waals surface area contributed by atoms with E-state index in [1.807, 2.05) is 44.6 Å². The second kappa shape index (κ2) is 7.45. The number of alkyl halides is 1. The average Bonchev–Trinajstić information content (AvgIpc) is 2.54. The molecule has 0 aliphatic rings. The highest BCUT2D eigenvalue weighted by Gasteiger charge is 2.16. The predicted octanol–water partition coefficient (Wildman–Crippen LogP) is 2.14. The molecule has 1 heterocycles. The fourth-order valence-corrected chi connectivity index (χ4v) is 2.22. The van der Waals surface area contributed by atoms with Gasteiger partial charge in [0.15, 0.2) is 0 Å². The number of hydrogen-bond acceptors (Lipinski definition) is 4. The van der Waals surface area contributed by atoms with Gasteiger partial charge < -0.3 is 15.7 Å². The predicted molar refractivity (Wildman–Crippen MR) is 86.0 cm³/mol. The Morgan fingerprint density at radius 3 is 2.27 bits per heavy atom. The number of nitrogens with zero attached hydrogens (tertiary/aromatic N) is 2. The Balaban J connectivity index is 2.13. The van der Waals surface area contributed by atoms with Gasteiger partial charge in [0.1, 0.15) is 6.67 Å². The number of halogens is 1. The summed E-state index contributed by atoms with van der Waals surface area (Å²) in [5, 5.41) is 9.89. The van der Waals surface area contributed by atoms with E-state index in [1.54, 1.807) is 12.1 Å². The number of nitrogens with two attached hydrogens (primary N) is 1. The zero-order valence-corrected chi connectivity index (χ0v) is 12.9. The van der Waals surface area contributed by atoms with Crippen LogP contribution in [0.5, 0.6) is 0 Å². The molecule has 0 fully saturated rings. The van der Waals surface area contributed by atoms with Crippen molar-refractivity contribution >= 4 is 0 Å². The van der Waals surface area contributed by atoms with Crippen molar-refractivity contribution in [2.45, 2.75) is 18.7 Å². The van der Waals surface area contributed by atoms with Gasteiger partial charge in [-0.1, -0.05) is 30.3 Å².